The molecule has 4 rings (SSSR count). The van der Waals surface area contributed by atoms with Gasteiger partial charge >= 0.3 is 0 Å². The molecule has 0 unspecified atom stereocenters. The van der Waals surface area contributed by atoms with Gasteiger partial charge < -0.3 is 20.3 Å². The molecule has 0 bridgehead atoms. The van der Waals surface area contributed by atoms with Gasteiger partial charge in [0.25, 0.3) is 0 Å². The molecular formula is C25H37N5O. The van der Waals surface area contributed by atoms with Crippen LogP contribution in [0.25, 0.3) is 11.3 Å². The lowest BCUT2D eigenvalue weighted by molar-refractivity contribution is 0.191. The minimum atomic E-state index is 0.141. The fourth-order valence-corrected chi connectivity index (χ4v) is 5.19. The monoisotopic (exact) mass is 423 g/mol. The molecule has 1 aromatic heterocycles. The molecule has 0 saturated heterocycles. The van der Waals surface area contributed by atoms with Gasteiger partial charge in [0.1, 0.15) is 0 Å². The van der Waals surface area contributed by atoms with Gasteiger partial charge in [-0.25, -0.2) is 9.97 Å². The molecule has 6 nitrogen and oxygen atoms in total. The van der Waals surface area contributed by atoms with Crippen molar-refractivity contribution in [1.82, 2.24) is 20.2 Å². The van der Waals surface area contributed by atoms with Crippen LogP contribution in [0.1, 0.15) is 50.7 Å². The fraction of sp³-hybridized carbons (Fsp3) is 0.600. The van der Waals surface area contributed by atoms with Crippen LogP contribution < -0.4 is 10.6 Å². The number of fused-ring (bicyclic) bond motifs is 1. The highest BCUT2D eigenvalue weighted by molar-refractivity contribution is 5.63. The van der Waals surface area contributed by atoms with Crippen LogP contribution in [0.4, 0.5) is 5.95 Å². The lowest BCUT2D eigenvalue weighted by atomic mass is 9.77. The van der Waals surface area contributed by atoms with E-state index in [0.29, 0.717) is 12.1 Å². The van der Waals surface area contributed by atoms with Gasteiger partial charge in [-0.15, -0.1) is 0 Å². The molecule has 168 valence electrons. The molecule has 1 saturated carbocycles. The fourth-order valence-electron chi connectivity index (χ4n) is 5.19. The van der Waals surface area contributed by atoms with E-state index in [1.165, 1.54) is 29.5 Å². The molecule has 2 heterocycles. The molecule has 0 atom stereocenters. The lowest BCUT2D eigenvalue weighted by Crippen LogP contribution is -2.39. The SMILES string of the molecule is COCCNC1CCC(Nc2nccc(-c3ccc4c(c3)C(C)(C)CN(C)C4)n2)CC1. The van der Waals surface area contributed by atoms with E-state index >= 15 is 0 Å². The third kappa shape index (κ3) is 5.43. The van der Waals surface area contributed by atoms with Crippen molar-refractivity contribution in [2.45, 2.75) is 63.6 Å². The zero-order valence-corrected chi connectivity index (χ0v) is 19.4. The van der Waals surface area contributed by atoms with E-state index in [-0.39, 0.29) is 5.41 Å². The summed E-state index contributed by atoms with van der Waals surface area (Å²) in [6.45, 7) is 8.45. The third-order valence-corrected chi connectivity index (χ3v) is 6.70. The van der Waals surface area contributed by atoms with Crippen LogP contribution >= 0.6 is 0 Å². The van der Waals surface area contributed by atoms with E-state index in [9.17, 15) is 0 Å². The maximum absolute atomic E-state index is 5.13. The van der Waals surface area contributed by atoms with Crippen LogP contribution in [0.5, 0.6) is 0 Å². The summed E-state index contributed by atoms with van der Waals surface area (Å²) in [7, 11) is 3.95. The summed E-state index contributed by atoms with van der Waals surface area (Å²) in [5, 5.41) is 7.17. The van der Waals surface area contributed by atoms with Gasteiger partial charge in [0.05, 0.1) is 12.3 Å². The number of ether oxygens (including phenoxy) is 1. The quantitative estimate of drug-likeness (QED) is 0.660. The lowest BCUT2D eigenvalue weighted by Gasteiger charge is -2.38. The van der Waals surface area contributed by atoms with E-state index in [1.807, 2.05) is 12.3 Å². The number of aromatic nitrogens is 2. The Bertz CT molecular complexity index is 876. The Morgan fingerprint density at radius 2 is 1.90 bits per heavy atom. The Morgan fingerprint density at radius 1 is 1.13 bits per heavy atom. The number of anilines is 1. The summed E-state index contributed by atoms with van der Waals surface area (Å²) in [6, 6.07) is 9.87. The Balaban J connectivity index is 1.42. The first-order valence-electron chi connectivity index (χ1n) is 11.6. The number of methoxy groups -OCH3 is 1. The molecule has 1 aliphatic heterocycles. The standard InChI is InChI=1S/C25H37N5O/c1-25(2)17-30(3)16-19-6-5-18(15-22(19)25)23-11-12-27-24(29-23)28-21-9-7-20(8-10-21)26-13-14-31-4/h5-6,11-12,15,20-21,26H,7-10,13-14,16-17H2,1-4H3,(H,27,28,29). The first-order valence-corrected chi connectivity index (χ1v) is 11.6. The molecule has 0 radical (unpaired) electrons. The number of nitrogens with zero attached hydrogens (tertiary/aromatic N) is 3. The number of benzene rings is 1. The van der Waals surface area contributed by atoms with Gasteiger partial charge in [-0.05, 0) is 56.0 Å². The molecule has 6 heteroatoms. The van der Waals surface area contributed by atoms with Gasteiger partial charge in [-0.3, -0.25) is 0 Å². The minimum absolute atomic E-state index is 0.141. The van der Waals surface area contributed by atoms with Crippen molar-refractivity contribution in [3.8, 4) is 11.3 Å². The predicted octanol–water partition coefficient (Wildman–Crippen LogP) is 3.83. The van der Waals surface area contributed by atoms with Crippen molar-refractivity contribution in [3.63, 3.8) is 0 Å². The number of hydrogen-bond acceptors (Lipinski definition) is 6. The Morgan fingerprint density at radius 3 is 2.68 bits per heavy atom. The van der Waals surface area contributed by atoms with Crippen LogP contribution in [0.15, 0.2) is 30.5 Å². The highest BCUT2D eigenvalue weighted by Crippen LogP contribution is 2.35. The molecule has 31 heavy (non-hydrogen) atoms. The van der Waals surface area contributed by atoms with Crippen molar-refractivity contribution < 1.29 is 4.74 Å². The Hall–Kier alpha value is -2.02. The maximum Gasteiger partial charge on any atom is 0.223 e. The normalized spacial score (nSPS) is 23.4. The van der Waals surface area contributed by atoms with E-state index < -0.39 is 0 Å². The predicted molar refractivity (Wildman–Crippen MR) is 126 cm³/mol. The first kappa shape index (κ1) is 22.2. The highest BCUT2D eigenvalue weighted by atomic mass is 16.5. The maximum atomic E-state index is 5.13. The van der Waals surface area contributed by atoms with Gasteiger partial charge in [0, 0.05) is 56.0 Å². The number of hydrogen-bond donors (Lipinski definition) is 2. The number of rotatable bonds is 7. The van der Waals surface area contributed by atoms with Crippen molar-refractivity contribution >= 4 is 5.95 Å². The summed E-state index contributed by atoms with van der Waals surface area (Å²) in [6.07, 6.45) is 6.50. The highest BCUT2D eigenvalue weighted by Gasteiger charge is 2.30. The van der Waals surface area contributed by atoms with Crippen molar-refractivity contribution in [3.05, 3.63) is 41.6 Å². The molecule has 1 fully saturated rings. The van der Waals surface area contributed by atoms with Crippen LogP contribution in [0, 0.1) is 0 Å². The summed E-state index contributed by atoms with van der Waals surface area (Å²) >= 11 is 0. The number of likely N-dealkylation sites (N-methyl/N-ethyl adjacent to an activating group) is 1. The molecular weight excluding hydrogens is 386 g/mol. The minimum Gasteiger partial charge on any atom is -0.383 e. The molecule has 0 amide bonds. The summed E-state index contributed by atoms with van der Waals surface area (Å²) < 4.78 is 5.13. The second kappa shape index (κ2) is 9.63. The number of nitrogens with one attached hydrogen (secondary N) is 2. The van der Waals surface area contributed by atoms with E-state index in [1.54, 1.807) is 7.11 Å². The van der Waals surface area contributed by atoms with Gasteiger partial charge in [-0.1, -0.05) is 26.0 Å². The van der Waals surface area contributed by atoms with Crippen LogP contribution in [-0.2, 0) is 16.7 Å². The molecule has 1 aromatic carbocycles. The smallest absolute Gasteiger partial charge is 0.223 e. The largest absolute Gasteiger partial charge is 0.383 e. The summed E-state index contributed by atoms with van der Waals surface area (Å²) in [5.74, 6) is 0.741. The van der Waals surface area contributed by atoms with Crippen molar-refractivity contribution in [2.24, 2.45) is 0 Å². The zero-order valence-electron chi connectivity index (χ0n) is 19.4. The first-order chi connectivity index (χ1) is 14.9. The van der Waals surface area contributed by atoms with Crippen molar-refractivity contribution in [2.75, 3.05) is 39.2 Å². The molecule has 2 N–H and O–H groups in total. The second-order valence-corrected chi connectivity index (χ2v) is 9.83. The summed E-state index contributed by atoms with van der Waals surface area (Å²) in [5.41, 5.74) is 5.17. The molecule has 2 aromatic rings. The van der Waals surface area contributed by atoms with Gasteiger partial charge in [-0.2, -0.15) is 0 Å². The zero-order chi connectivity index (χ0) is 21.8. The Kier molecular flexibility index (Phi) is 6.89. The van der Waals surface area contributed by atoms with Crippen LogP contribution in [0.2, 0.25) is 0 Å². The van der Waals surface area contributed by atoms with E-state index in [2.05, 4.69) is 59.6 Å². The topological polar surface area (TPSA) is 62.3 Å². The summed E-state index contributed by atoms with van der Waals surface area (Å²) in [4.78, 5) is 11.8. The average molecular weight is 424 g/mol. The third-order valence-electron chi connectivity index (χ3n) is 6.70. The molecule has 0 spiro atoms. The van der Waals surface area contributed by atoms with Crippen molar-refractivity contribution in [1.29, 1.82) is 0 Å². The Labute approximate surface area is 186 Å². The van der Waals surface area contributed by atoms with Crippen LogP contribution in [-0.4, -0.2) is 60.8 Å². The van der Waals surface area contributed by atoms with Crippen LogP contribution in [0.3, 0.4) is 0 Å². The molecule has 2 aliphatic rings. The second-order valence-electron chi connectivity index (χ2n) is 9.83. The average Bonchev–Trinajstić information content (AvgIpc) is 2.74. The van der Waals surface area contributed by atoms with Gasteiger partial charge in [0.15, 0.2) is 0 Å². The van der Waals surface area contributed by atoms with E-state index in [4.69, 9.17) is 9.72 Å². The molecule has 1 aliphatic carbocycles. The van der Waals surface area contributed by atoms with E-state index in [0.717, 1.165) is 50.7 Å². The van der Waals surface area contributed by atoms with Gasteiger partial charge in [0.2, 0.25) is 5.95 Å².